The summed E-state index contributed by atoms with van der Waals surface area (Å²) in [6.07, 6.45) is 2.33. The molecule has 0 aromatic heterocycles. The van der Waals surface area contributed by atoms with Gasteiger partial charge in [0.1, 0.15) is 0 Å². The molecular weight excluding hydrogens is 240 g/mol. The minimum Gasteiger partial charge on any atom is -0.378 e. The van der Waals surface area contributed by atoms with Crippen LogP contribution >= 0.6 is 0 Å². The summed E-state index contributed by atoms with van der Waals surface area (Å²) in [4.78, 5) is 14.7. The normalized spacial score (nSPS) is 39.6. The van der Waals surface area contributed by atoms with Gasteiger partial charge >= 0.3 is 0 Å². The van der Waals surface area contributed by atoms with Crippen molar-refractivity contribution in [3.05, 3.63) is 0 Å². The Morgan fingerprint density at radius 2 is 2.21 bits per heavy atom. The topological polar surface area (TPSA) is 41.6 Å². The smallest absolute Gasteiger partial charge is 0.243 e. The van der Waals surface area contributed by atoms with Gasteiger partial charge in [-0.15, -0.1) is 0 Å². The molecule has 0 spiro atoms. The zero-order chi connectivity index (χ0) is 14.2. The third-order valence-electron chi connectivity index (χ3n) is 4.84. The molecule has 4 unspecified atom stereocenters. The number of nitrogens with one attached hydrogen (secondary N) is 1. The molecule has 0 aromatic carbocycles. The number of nitrogens with zero attached hydrogens (tertiary/aromatic N) is 1. The van der Waals surface area contributed by atoms with Gasteiger partial charge in [0.05, 0.1) is 17.8 Å². The fraction of sp³-hybridized carbons (Fsp3) is 0.933. The van der Waals surface area contributed by atoms with Crippen LogP contribution in [0.1, 0.15) is 47.5 Å². The predicted octanol–water partition coefficient (Wildman–Crippen LogP) is 1.99. The van der Waals surface area contributed by atoms with Crippen molar-refractivity contribution in [3.8, 4) is 0 Å². The van der Waals surface area contributed by atoms with Crippen molar-refractivity contribution < 1.29 is 9.53 Å². The minimum atomic E-state index is -0.391. The van der Waals surface area contributed by atoms with Crippen molar-refractivity contribution in [1.29, 1.82) is 0 Å². The maximum Gasteiger partial charge on any atom is 0.243 e. The van der Waals surface area contributed by atoms with E-state index in [0.717, 1.165) is 26.0 Å². The molecule has 1 N–H and O–H groups in total. The van der Waals surface area contributed by atoms with Crippen molar-refractivity contribution in [3.63, 3.8) is 0 Å². The van der Waals surface area contributed by atoms with Crippen LogP contribution in [0.2, 0.25) is 0 Å². The molecule has 2 fully saturated rings. The van der Waals surface area contributed by atoms with E-state index in [-0.39, 0.29) is 18.2 Å². The van der Waals surface area contributed by atoms with Gasteiger partial charge in [-0.05, 0) is 32.6 Å². The lowest BCUT2D eigenvalue weighted by Gasteiger charge is -2.30. The number of carbonyl (C=O) groups excluding carboxylic acids is 1. The first-order valence-electron chi connectivity index (χ1n) is 7.59. The minimum absolute atomic E-state index is 0.158. The van der Waals surface area contributed by atoms with Gasteiger partial charge < -0.3 is 9.64 Å². The van der Waals surface area contributed by atoms with Crippen LogP contribution in [0.15, 0.2) is 0 Å². The summed E-state index contributed by atoms with van der Waals surface area (Å²) in [7, 11) is 0. The molecular formula is C15H28N2O2. The van der Waals surface area contributed by atoms with Crippen LogP contribution in [0.4, 0.5) is 0 Å². The third kappa shape index (κ3) is 2.65. The molecule has 1 amide bonds. The van der Waals surface area contributed by atoms with Gasteiger partial charge in [-0.3, -0.25) is 10.1 Å². The first-order valence-corrected chi connectivity index (χ1v) is 7.59. The lowest BCUT2D eigenvalue weighted by atomic mass is 9.98. The first-order chi connectivity index (χ1) is 8.89. The maximum atomic E-state index is 12.7. The quantitative estimate of drug-likeness (QED) is 0.848. The Kier molecular flexibility index (Phi) is 4.21. The Labute approximate surface area is 116 Å². The maximum absolute atomic E-state index is 12.7. The van der Waals surface area contributed by atoms with Crippen LogP contribution in [0, 0.1) is 11.8 Å². The second-order valence-electron chi connectivity index (χ2n) is 6.60. The van der Waals surface area contributed by atoms with E-state index in [0.29, 0.717) is 11.8 Å². The number of rotatable bonds is 4. The zero-order valence-electron chi connectivity index (χ0n) is 12.9. The number of carbonyl (C=O) groups is 1. The highest BCUT2D eigenvalue weighted by atomic mass is 16.5. The molecule has 4 atom stereocenters. The molecule has 0 radical (unpaired) electrons. The van der Waals surface area contributed by atoms with E-state index in [9.17, 15) is 4.79 Å². The summed E-state index contributed by atoms with van der Waals surface area (Å²) in [6.45, 7) is 12.2. The lowest BCUT2D eigenvalue weighted by Crippen LogP contribution is -2.45. The molecule has 19 heavy (non-hydrogen) atoms. The summed E-state index contributed by atoms with van der Waals surface area (Å²) in [5.74, 6) is 1.16. The molecule has 0 saturated carbocycles. The highest BCUT2D eigenvalue weighted by Gasteiger charge is 2.48. The summed E-state index contributed by atoms with van der Waals surface area (Å²) in [6, 6.07) is 0. The van der Waals surface area contributed by atoms with Crippen LogP contribution in [0.3, 0.4) is 0 Å². The van der Waals surface area contributed by atoms with E-state index in [1.54, 1.807) is 0 Å². The van der Waals surface area contributed by atoms with Gasteiger partial charge in [-0.25, -0.2) is 0 Å². The molecule has 4 heteroatoms. The molecule has 110 valence electrons. The van der Waals surface area contributed by atoms with Crippen LogP contribution in [-0.2, 0) is 9.53 Å². The Hall–Kier alpha value is -0.610. The van der Waals surface area contributed by atoms with Crippen LogP contribution in [0.25, 0.3) is 0 Å². The number of hydrogen-bond acceptors (Lipinski definition) is 3. The highest BCUT2D eigenvalue weighted by Crippen LogP contribution is 2.30. The van der Waals surface area contributed by atoms with E-state index in [4.69, 9.17) is 4.74 Å². The zero-order valence-corrected chi connectivity index (χ0v) is 12.9. The molecule has 2 saturated heterocycles. The third-order valence-corrected chi connectivity index (χ3v) is 4.84. The average Bonchev–Trinajstić information content (AvgIpc) is 2.87. The number of hydrogen-bond donors (Lipinski definition) is 1. The van der Waals surface area contributed by atoms with E-state index < -0.39 is 5.54 Å². The van der Waals surface area contributed by atoms with Crippen LogP contribution < -0.4 is 5.32 Å². The van der Waals surface area contributed by atoms with E-state index >= 15 is 0 Å². The Morgan fingerprint density at radius 3 is 2.68 bits per heavy atom. The van der Waals surface area contributed by atoms with Gasteiger partial charge in [0, 0.05) is 19.1 Å². The molecule has 2 aliphatic rings. The van der Waals surface area contributed by atoms with Gasteiger partial charge in [-0.1, -0.05) is 20.8 Å². The fourth-order valence-corrected chi connectivity index (χ4v) is 3.15. The number of amides is 1. The van der Waals surface area contributed by atoms with Gasteiger partial charge in [0.2, 0.25) is 5.91 Å². The molecule has 2 aliphatic heterocycles. The monoisotopic (exact) mass is 268 g/mol. The molecule has 0 aliphatic carbocycles. The Bertz CT molecular complexity index is 345. The molecule has 0 aromatic rings. The van der Waals surface area contributed by atoms with Gasteiger partial charge in [-0.2, -0.15) is 0 Å². The highest BCUT2D eigenvalue weighted by molar-refractivity contribution is 5.88. The molecule has 2 rings (SSSR count). The summed E-state index contributed by atoms with van der Waals surface area (Å²) >= 11 is 0. The summed E-state index contributed by atoms with van der Waals surface area (Å²) in [5.41, 5.74) is -0.391. The Morgan fingerprint density at radius 1 is 1.53 bits per heavy atom. The first kappa shape index (κ1) is 14.8. The van der Waals surface area contributed by atoms with E-state index in [2.05, 4.69) is 37.9 Å². The van der Waals surface area contributed by atoms with Gasteiger partial charge in [0.25, 0.3) is 0 Å². The average molecular weight is 268 g/mol. The van der Waals surface area contributed by atoms with Crippen molar-refractivity contribution in [1.82, 2.24) is 10.2 Å². The second-order valence-corrected chi connectivity index (χ2v) is 6.60. The summed E-state index contributed by atoms with van der Waals surface area (Å²) < 4.78 is 5.63. The largest absolute Gasteiger partial charge is 0.378 e. The molecule has 2 heterocycles. The van der Waals surface area contributed by atoms with E-state index in [1.807, 2.05) is 6.92 Å². The fourth-order valence-electron chi connectivity index (χ4n) is 3.15. The van der Waals surface area contributed by atoms with Crippen molar-refractivity contribution >= 4 is 5.91 Å². The van der Waals surface area contributed by atoms with Crippen molar-refractivity contribution in [2.24, 2.45) is 11.8 Å². The molecule has 0 bridgehead atoms. The lowest BCUT2D eigenvalue weighted by molar-refractivity contribution is -0.134. The standard InChI is InChI=1S/C15H28N2O2/c1-6-15(5)14(18)17(13(16-15)10(2)3)9-12-7-8-19-11(12)4/h10-13,16H,6-9H2,1-5H3. The predicted molar refractivity (Wildman–Crippen MR) is 75.7 cm³/mol. The van der Waals surface area contributed by atoms with Crippen molar-refractivity contribution in [2.45, 2.75) is 65.3 Å². The molecule has 4 nitrogen and oxygen atoms in total. The Balaban J connectivity index is 2.13. The number of ether oxygens (including phenoxy) is 1. The van der Waals surface area contributed by atoms with Crippen molar-refractivity contribution in [2.75, 3.05) is 13.2 Å². The summed E-state index contributed by atoms with van der Waals surface area (Å²) in [5, 5.41) is 3.54. The van der Waals surface area contributed by atoms with Gasteiger partial charge in [0.15, 0.2) is 0 Å². The van der Waals surface area contributed by atoms with Crippen LogP contribution in [-0.4, -0.2) is 41.8 Å². The second kappa shape index (κ2) is 5.41. The van der Waals surface area contributed by atoms with Crippen LogP contribution in [0.5, 0.6) is 0 Å². The SMILES string of the molecule is CCC1(C)NC(C(C)C)N(CC2CCOC2C)C1=O. The van der Waals surface area contributed by atoms with E-state index in [1.165, 1.54) is 0 Å².